The van der Waals surface area contributed by atoms with Crippen molar-refractivity contribution >= 4 is 21.6 Å². The summed E-state index contributed by atoms with van der Waals surface area (Å²) in [6.45, 7) is 0. The third-order valence-corrected chi connectivity index (χ3v) is 4.24. The van der Waals surface area contributed by atoms with Crippen LogP contribution in [-0.2, 0) is 6.42 Å². The lowest BCUT2D eigenvalue weighted by Crippen LogP contribution is -2.09. The van der Waals surface area contributed by atoms with Crippen LogP contribution in [0.3, 0.4) is 0 Å². The van der Waals surface area contributed by atoms with Gasteiger partial charge in [-0.15, -0.1) is 0 Å². The Morgan fingerprint density at radius 1 is 1.11 bits per heavy atom. The standard InChI is InChI=1S/C15H12BrF2N/c16-11-4-1-3-10-9(11)7-8-13(10)19-14-6-2-5-12(17)15(14)18/h1-6,13,19H,7-8H2. The fourth-order valence-electron chi connectivity index (χ4n) is 2.56. The van der Waals surface area contributed by atoms with E-state index in [1.54, 1.807) is 6.07 Å². The first-order valence-corrected chi connectivity index (χ1v) is 6.94. The van der Waals surface area contributed by atoms with Crippen molar-refractivity contribution in [2.45, 2.75) is 18.9 Å². The zero-order valence-corrected chi connectivity index (χ0v) is 11.7. The first kappa shape index (κ1) is 12.6. The molecule has 19 heavy (non-hydrogen) atoms. The van der Waals surface area contributed by atoms with Crippen molar-refractivity contribution in [1.29, 1.82) is 0 Å². The number of halogens is 3. The maximum Gasteiger partial charge on any atom is 0.181 e. The van der Waals surface area contributed by atoms with Crippen molar-refractivity contribution in [3.63, 3.8) is 0 Å². The van der Waals surface area contributed by atoms with Crippen molar-refractivity contribution in [3.05, 3.63) is 63.6 Å². The summed E-state index contributed by atoms with van der Waals surface area (Å²) in [6, 6.07) is 10.2. The van der Waals surface area contributed by atoms with Gasteiger partial charge in [0.05, 0.1) is 11.7 Å². The van der Waals surface area contributed by atoms with E-state index < -0.39 is 11.6 Å². The molecule has 0 aromatic heterocycles. The van der Waals surface area contributed by atoms with Gasteiger partial charge in [0.15, 0.2) is 11.6 Å². The first-order valence-electron chi connectivity index (χ1n) is 6.14. The molecule has 3 rings (SSSR count). The second kappa shape index (κ2) is 4.93. The average molecular weight is 324 g/mol. The number of fused-ring (bicyclic) bond motifs is 1. The molecule has 1 aliphatic carbocycles. The van der Waals surface area contributed by atoms with Crippen LogP contribution in [0.2, 0.25) is 0 Å². The van der Waals surface area contributed by atoms with Crippen LogP contribution in [0, 0.1) is 11.6 Å². The van der Waals surface area contributed by atoms with Crippen molar-refractivity contribution in [2.24, 2.45) is 0 Å². The van der Waals surface area contributed by atoms with Crippen LogP contribution in [0.5, 0.6) is 0 Å². The summed E-state index contributed by atoms with van der Waals surface area (Å²) in [6.07, 6.45) is 1.82. The highest BCUT2D eigenvalue weighted by molar-refractivity contribution is 9.10. The molecule has 1 N–H and O–H groups in total. The lowest BCUT2D eigenvalue weighted by atomic mass is 10.1. The third-order valence-electron chi connectivity index (χ3n) is 3.49. The number of anilines is 1. The van der Waals surface area contributed by atoms with E-state index in [4.69, 9.17) is 0 Å². The van der Waals surface area contributed by atoms with Crippen molar-refractivity contribution in [2.75, 3.05) is 5.32 Å². The number of rotatable bonds is 2. The highest BCUT2D eigenvalue weighted by Crippen LogP contribution is 2.38. The molecule has 2 aromatic rings. The van der Waals surface area contributed by atoms with E-state index >= 15 is 0 Å². The van der Waals surface area contributed by atoms with E-state index in [2.05, 4.69) is 21.2 Å². The van der Waals surface area contributed by atoms with E-state index in [1.807, 2.05) is 18.2 Å². The smallest absolute Gasteiger partial charge is 0.181 e. The van der Waals surface area contributed by atoms with Gasteiger partial charge < -0.3 is 5.32 Å². The first-order chi connectivity index (χ1) is 9.16. The number of hydrogen-bond acceptors (Lipinski definition) is 1. The van der Waals surface area contributed by atoms with Gasteiger partial charge in [0.1, 0.15) is 0 Å². The molecule has 0 saturated carbocycles. The topological polar surface area (TPSA) is 12.0 Å². The zero-order chi connectivity index (χ0) is 13.4. The van der Waals surface area contributed by atoms with Gasteiger partial charge in [-0.3, -0.25) is 0 Å². The monoisotopic (exact) mass is 323 g/mol. The molecular weight excluding hydrogens is 312 g/mol. The Balaban J connectivity index is 1.91. The predicted octanol–water partition coefficient (Wildman–Crippen LogP) is 4.83. The van der Waals surface area contributed by atoms with Crippen LogP contribution in [0.1, 0.15) is 23.6 Å². The van der Waals surface area contributed by atoms with Gasteiger partial charge in [-0.1, -0.05) is 34.1 Å². The molecule has 1 atom stereocenters. The fraction of sp³-hybridized carbons (Fsp3) is 0.200. The molecule has 2 aromatic carbocycles. The summed E-state index contributed by atoms with van der Waals surface area (Å²) in [5, 5.41) is 3.10. The second-order valence-corrected chi connectivity index (χ2v) is 5.50. The number of benzene rings is 2. The number of hydrogen-bond donors (Lipinski definition) is 1. The van der Waals surface area contributed by atoms with Crippen LogP contribution in [0.25, 0.3) is 0 Å². The molecule has 1 unspecified atom stereocenters. The molecule has 0 spiro atoms. The summed E-state index contributed by atoms with van der Waals surface area (Å²) in [7, 11) is 0. The van der Waals surface area contributed by atoms with Crippen LogP contribution < -0.4 is 5.32 Å². The summed E-state index contributed by atoms with van der Waals surface area (Å²) >= 11 is 3.52. The summed E-state index contributed by atoms with van der Waals surface area (Å²) in [5.41, 5.74) is 2.62. The van der Waals surface area contributed by atoms with Gasteiger partial charge in [0, 0.05) is 4.47 Å². The molecule has 0 aliphatic heterocycles. The minimum absolute atomic E-state index is 0.0313. The second-order valence-electron chi connectivity index (χ2n) is 4.64. The quantitative estimate of drug-likeness (QED) is 0.834. The molecule has 98 valence electrons. The molecule has 0 fully saturated rings. The Hall–Kier alpha value is -1.42. The molecule has 0 amide bonds. The average Bonchev–Trinajstić information content (AvgIpc) is 2.80. The maximum absolute atomic E-state index is 13.7. The van der Waals surface area contributed by atoms with Crippen molar-refractivity contribution < 1.29 is 8.78 Å². The highest BCUT2D eigenvalue weighted by Gasteiger charge is 2.24. The molecular formula is C15H12BrF2N. The van der Waals surface area contributed by atoms with Gasteiger partial charge >= 0.3 is 0 Å². The Morgan fingerprint density at radius 2 is 1.89 bits per heavy atom. The molecule has 4 heteroatoms. The lowest BCUT2D eigenvalue weighted by molar-refractivity contribution is 0.509. The van der Waals surface area contributed by atoms with Crippen molar-refractivity contribution in [3.8, 4) is 0 Å². The normalized spacial score (nSPS) is 17.3. The van der Waals surface area contributed by atoms with Gasteiger partial charge in [-0.25, -0.2) is 8.78 Å². The zero-order valence-electron chi connectivity index (χ0n) is 10.1. The van der Waals surface area contributed by atoms with Crippen LogP contribution in [-0.4, -0.2) is 0 Å². The lowest BCUT2D eigenvalue weighted by Gasteiger charge is -2.16. The van der Waals surface area contributed by atoms with E-state index in [1.165, 1.54) is 11.6 Å². The largest absolute Gasteiger partial charge is 0.376 e. The van der Waals surface area contributed by atoms with E-state index in [0.717, 1.165) is 28.9 Å². The fourth-order valence-corrected chi connectivity index (χ4v) is 3.14. The van der Waals surface area contributed by atoms with Crippen molar-refractivity contribution in [1.82, 2.24) is 0 Å². The Morgan fingerprint density at radius 3 is 2.74 bits per heavy atom. The molecule has 0 heterocycles. The third kappa shape index (κ3) is 2.25. The Kier molecular flexibility index (Phi) is 3.27. The SMILES string of the molecule is Fc1cccc(NC2CCc3c(Br)cccc32)c1F. The van der Waals surface area contributed by atoms with E-state index in [0.29, 0.717) is 0 Å². The van der Waals surface area contributed by atoms with Gasteiger partial charge in [0.25, 0.3) is 0 Å². The maximum atomic E-state index is 13.7. The minimum atomic E-state index is -0.822. The predicted molar refractivity (Wildman–Crippen MR) is 75.2 cm³/mol. The molecule has 1 nitrogen and oxygen atoms in total. The molecule has 0 radical (unpaired) electrons. The van der Waals surface area contributed by atoms with Crippen LogP contribution in [0.4, 0.5) is 14.5 Å². The van der Waals surface area contributed by atoms with E-state index in [9.17, 15) is 8.78 Å². The Bertz CT molecular complexity index is 628. The number of nitrogens with one attached hydrogen (secondary N) is 1. The summed E-state index contributed by atoms with van der Waals surface area (Å²) in [5.74, 6) is -1.64. The van der Waals surface area contributed by atoms with Gasteiger partial charge in [-0.2, -0.15) is 0 Å². The molecule has 1 aliphatic rings. The van der Waals surface area contributed by atoms with Crippen LogP contribution in [0.15, 0.2) is 40.9 Å². The van der Waals surface area contributed by atoms with Gasteiger partial charge in [-0.05, 0) is 42.2 Å². The van der Waals surface area contributed by atoms with E-state index in [-0.39, 0.29) is 11.7 Å². The molecule has 0 bridgehead atoms. The summed E-state index contributed by atoms with van der Waals surface area (Å²) in [4.78, 5) is 0. The highest BCUT2D eigenvalue weighted by atomic mass is 79.9. The Labute approximate surface area is 118 Å². The summed E-state index contributed by atoms with van der Waals surface area (Å²) < 4.78 is 27.9. The minimum Gasteiger partial charge on any atom is -0.376 e. The van der Waals surface area contributed by atoms with Gasteiger partial charge in [0.2, 0.25) is 0 Å². The molecule has 0 saturated heterocycles. The van der Waals surface area contributed by atoms with Crippen LogP contribution >= 0.6 is 15.9 Å².